The van der Waals surface area contributed by atoms with E-state index in [4.69, 9.17) is 4.74 Å². The van der Waals surface area contributed by atoms with Crippen molar-refractivity contribution in [3.8, 4) is 0 Å². The van der Waals surface area contributed by atoms with Gasteiger partial charge in [-0.2, -0.15) is 0 Å². The minimum Gasteiger partial charge on any atom is -0.454 e. The van der Waals surface area contributed by atoms with Crippen LogP contribution in [-0.4, -0.2) is 64.9 Å². The van der Waals surface area contributed by atoms with E-state index in [0.717, 1.165) is 37.0 Å². The van der Waals surface area contributed by atoms with E-state index in [0.29, 0.717) is 25.3 Å². The fraction of sp³-hybridized carbons (Fsp3) is 0.800. The molecule has 1 saturated carbocycles. The Balaban J connectivity index is 1.52. The minimum atomic E-state index is -0.947. The average Bonchev–Trinajstić information content (AvgIpc) is 2.96. The van der Waals surface area contributed by atoms with Crippen LogP contribution in [0.4, 0.5) is 4.79 Å². The highest BCUT2D eigenvalue weighted by Gasteiger charge is 2.49. The Labute approximate surface area is 165 Å². The molecule has 3 aliphatic rings. The number of ether oxygens (including phenoxy) is 1. The summed E-state index contributed by atoms with van der Waals surface area (Å²) in [6, 6.07) is -0.326. The standard InChI is InChI=1S/C20H31N3O5/c1-3-20(4-2)18(26)23(19(27)21-20)12-17(25)28-13-16(24)22-11-7-9-14-8-5-6-10-15(14)22/h14-15H,3-13H2,1-2H3,(H,21,27)/t14-,15-/m1/s1. The number of likely N-dealkylation sites (tertiary alicyclic amines) is 1. The van der Waals surface area contributed by atoms with Crippen molar-refractivity contribution in [2.75, 3.05) is 19.7 Å². The number of nitrogens with one attached hydrogen (secondary N) is 1. The maximum Gasteiger partial charge on any atom is 0.326 e. The van der Waals surface area contributed by atoms with Gasteiger partial charge in [-0.1, -0.05) is 26.7 Å². The number of hydrogen-bond donors (Lipinski definition) is 1. The molecule has 4 amide bonds. The molecule has 0 unspecified atom stereocenters. The lowest BCUT2D eigenvalue weighted by Gasteiger charge is -2.44. The molecule has 156 valence electrons. The molecule has 2 atom stereocenters. The van der Waals surface area contributed by atoms with Crippen LogP contribution in [0.1, 0.15) is 65.2 Å². The van der Waals surface area contributed by atoms with Crippen molar-refractivity contribution in [2.24, 2.45) is 5.92 Å². The monoisotopic (exact) mass is 393 g/mol. The highest BCUT2D eigenvalue weighted by Crippen LogP contribution is 2.35. The van der Waals surface area contributed by atoms with Crippen molar-refractivity contribution in [3.05, 3.63) is 0 Å². The number of urea groups is 1. The smallest absolute Gasteiger partial charge is 0.326 e. The predicted molar refractivity (Wildman–Crippen MR) is 101 cm³/mol. The van der Waals surface area contributed by atoms with Gasteiger partial charge in [-0.15, -0.1) is 0 Å². The molecular formula is C20H31N3O5. The lowest BCUT2D eigenvalue weighted by Crippen LogP contribution is -2.51. The van der Waals surface area contributed by atoms with Gasteiger partial charge in [0.15, 0.2) is 6.61 Å². The normalized spacial score (nSPS) is 26.6. The molecule has 8 heteroatoms. The number of carbonyl (C=O) groups excluding carboxylic acids is 4. The second-order valence-corrected chi connectivity index (χ2v) is 8.11. The number of nitrogens with zero attached hydrogens (tertiary/aromatic N) is 2. The molecule has 3 rings (SSSR count). The van der Waals surface area contributed by atoms with E-state index in [-0.39, 0.29) is 18.6 Å². The molecule has 3 fully saturated rings. The van der Waals surface area contributed by atoms with Crippen LogP contribution in [0.25, 0.3) is 0 Å². The zero-order chi connectivity index (χ0) is 20.3. The summed E-state index contributed by atoms with van der Waals surface area (Å²) in [7, 11) is 0. The first kappa shape index (κ1) is 20.6. The van der Waals surface area contributed by atoms with Crippen molar-refractivity contribution in [1.29, 1.82) is 0 Å². The molecule has 0 aromatic heterocycles. The molecule has 2 heterocycles. The van der Waals surface area contributed by atoms with Crippen LogP contribution in [0.5, 0.6) is 0 Å². The maximum atomic E-state index is 12.6. The predicted octanol–water partition coefficient (Wildman–Crippen LogP) is 1.82. The number of hydrogen-bond acceptors (Lipinski definition) is 5. The van der Waals surface area contributed by atoms with Gasteiger partial charge in [0.1, 0.15) is 12.1 Å². The number of fused-ring (bicyclic) bond motifs is 1. The van der Waals surface area contributed by atoms with Crippen molar-refractivity contribution in [2.45, 2.75) is 76.8 Å². The summed E-state index contributed by atoms with van der Waals surface area (Å²) in [6.07, 6.45) is 7.59. The van der Waals surface area contributed by atoms with E-state index < -0.39 is 30.0 Å². The highest BCUT2D eigenvalue weighted by molar-refractivity contribution is 6.08. The van der Waals surface area contributed by atoms with E-state index >= 15 is 0 Å². The summed E-state index contributed by atoms with van der Waals surface area (Å²) >= 11 is 0. The quantitative estimate of drug-likeness (QED) is 0.549. The first-order valence-electron chi connectivity index (χ1n) is 10.5. The van der Waals surface area contributed by atoms with Crippen molar-refractivity contribution < 1.29 is 23.9 Å². The van der Waals surface area contributed by atoms with Crippen LogP contribution in [0, 0.1) is 5.92 Å². The lowest BCUT2D eigenvalue weighted by molar-refractivity contribution is -0.156. The molecule has 0 bridgehead atoms. The number of amides is 4. The van der Waals surface area contributed by atoms with Crippen molar-refractivity contribution in [1.82, 2.24) is 15.1 Å². The van der Waals surface area contributed by atoms with Gasteiger partial charge in [0.05, 0.1) is 0 Å². The largest absolute Gasteiger partial charge is 0.454 e. The Kier molecular flexibility index (Phi) is 6.25. The third-order valence-electron chi connectivity index (χ3n) is 6.66. The van der Waals surface area contributed by atoms with Gasteiger partial charge >= 0.3 is 12.0 Å². The third-order valence-corrected chi connectivity index (χ3v) is 6.66. The number of piperidine rings is 1. The molecular weight excluding hydrogens is 362 g/mol. The number of imide groups is 1. The zero-order valence-corrected chi connectivity index (χ0v) is 16.9. The molecule has 2 saturated heterocycles. The van der Waals surface area contributed by atoms with E-state index in [9.17, 15) is 19.2 Å². The summed E-state index contributed by atoms with van der Waals surface area (Å²) < 4.78 is 5.13. The average molecular weight is 393 g/mol. The van der Waals surface area contributed by atoms with E-state index in [1.807, 2.05) is 18.7 Å². The second-order valence-electron chi connectivity index (χ2n) is 8.11. The Hall–Kier alpha value is -2.12. The Morgan fingerprint density at radius 1 is 1.11 bits per heavy atom. The fourth-order valence-electron chi connectivity index (χ4n) is 4.88. The Morgan fingerprint density at radius 3 is 2.46 bits per heavy atom. The van der Waals surface area contributed by atoms with Gasteiger partial charge in [0.2, 0.25) is 0 Å². The summed E-state index contributed by atoms with van der Waals surface area (Å²) in [6.45, 7) is 3.54. The van der Waals surface area contributed by atoms with Crippen LogP contribution in [0.3, 0.4) is 0 Å². The minimum absolute atomic E-state index is 0.182. The number of rotatable bonds is 6. The van der Waals surface area contributed by atoms with Crippen LogP contribution < -0.4 is 5.32 Å². The summed E-state index contributed by atoms with van der Waals surface area (Å²) in [5.41, 5.74) is -0.947. The molecule has 1 N–H and O–H groups in total. The topological polar surface area (TPSA) is 96.0 Å². The Bertz CT molecular complexity index is 644. The zero-order valence-electron chi connectivity index (χ0n) is 16.9. The van der Waals surface area contributed by atoms with Gasteiger partial charge in [-0.25, -0.2) is 4.79 Å². The van der Waals surface area contributed by atoms with Gasteiger partial charge < -0.3 is 15.0 Å². The molecule has 0 spiro atoms. The molecule has 28 heavy (non-hydrogen) atoms. The Morgan fingerprint density at radius 2 is 1.79 bits per heavy atom. The van der Waals surface area contributed by atoms with Crippen LogP contribution in [0.15, 0.2) is 0 Å². The van der Waals surface area contributed by atoms with Crippen LogP contribution >= 0.6 is 0 Å². The van der Waals surface area contributed by atoms with Crippen LogP contribution in [0.2, 0.25) is 0 Å². The fourth-order valence-corrected chi connectivity index (χ4v) is 4.88. The summed E-state index contributed by atoms with van der Waals surface area (Å²) in [4.78, 5) is 52.2. The second kappa shape index (κ2) is 8.49. The summed E-state index contributed by atoms with van der Waals surface area (Å²) in [5, 5.41) is 2.67. The lowest BCUT2D eigenvalue weighted by atomic mass is 9.78. The number of carbonyl (C=O) groups is 4. The van der Waals surface area contributed by atoms with Crippen molar-refractivity contribution in [3.63, 3.8) is 0 Å². The van der Waals surface area contributed by atoms with E-state index in [1.54, 1.807) is 0 Å². The summed E-state index contributed by atoms with van der Waals surface area (Å²) in [5.74, 6) is -0.771. The van der Waals surface area contributed by atoms with Gasteiger partial charge in [0.25, 0.3) is 11.8 Å². The molecule has 0 aromatic carbocycles. The maximum absolute atomic E-state index is 12.6. The number of esters is 1. The molecule has 0 radical (unpaired) electrons. The van der Waals surface area contributed by atoms with E-state index in [2.05, 4.69) is 5.32 Å². The highest BCUT2D eigenvalue weighted by atomic mass is 16.5. The molecule has 2 aliphatic heterocycles. The first-order chi connectivity index (χ1) is 13.4. The SMILES string of the molecule is CCC1(CC)NC(=O)N(CC(=O)OCC(=O)N2CCC[C@H]3CCCC[C@H]32)C1=O. The van der Waals surface area contributed by atoms with Crippen molar-refractivity contribution >= 4 is 23.8 Å². The van der Waals surface area contributed by atoms with Crippen LogP contribution in [-0.2, 0) is 19.1 Å². The molecule has 1 aliphatic carbocycles. The van der Waals surface area contributed by atoms with Gasteiger partial charge in [-0.3, -0.25) is 19.3 Å². The third kappa shape index (κ3) is 3.86. The van der Waals surface area contributed by atoms with E-state index in [1.165, 1.54) is 6.42 Å². The van der Waals surface area contributed by atoms with Gasteiger partial charge in [-0.05, 0) is 44.4 Å². The van der Waals surface area contributed by atoms with Gasteiger partial charge in [0, 0.05) is 12.6 Å². The first-order valence-corrected chi connectivity index (χ1v) is 10.5. The molecule has 8 nitrogen and oxygen atoms in total. The molecule has 0 aromatic rings.